The van der Waals surface area contributed by atoms with Crippen LogP contribution in [0, 0.1) is 13.8 Å². The van der Waals surface area contributed by atoms with Crippen molar-refractivity contribution in [2.75, 3.05) is 0 Å². The van der Waals surface area contributed by atoms with Crippen molar-refractivity contribution >= 4 is 23.1 Å². The highest BCUT2D eigenvalue weighted by Crippen LogP contribution is 2.30. The van der Waals surface area contributed by atoms with Crippen molar-refractivity contribution in [2.45, 2.75) is 65.7 Å². The van der Waals surface area contributed by atoms with Gasteiger partial charge in [-0.2, -0.15) is 10.2 Å². The first-order chi connectivity index (χ1) is 12.6. The molecular formula is C20H29N5OS. The lowest BCUT2D eigenvalue weighted by atomic mass is 10.0. The summed E-state index contributed by atoms with van der Waals surface area (Å²) in [6.07, 6.45) is 1.98. The number of hydrogen-bond acceptors (Lipinski definition) is 5. The Morgan fingerprint density at radius 1 is 1.19 bits per heavy atom. The fourth-order valence-electron chi connectivity index (χ4n) is 3.38. The molecule has 0 spiro atoms. The van der Waals surface area contributed by atoms with Crippen LogP contribution in [0.1, 0.15) is 63.2 Å². The third kappa shape index (κ3) is 4.19. The topological polar surface area (TPSA) is 57.8 Å². The summed E-state index contributed by atoms with van der Waals surface area (Å²) in [5.74, 6) is 0.421. The second-order valence-electron chi connectivity index (χ2n) is 8.28. The Morgan fingerprint density at radius 3 is 2.48 bits per heavy atom. The molecule has 0 amide bonds. The number of hydrogen-bond donors (Lipinski definition) is 0. The van der Waals surface area contributed by atoms with E-state index < -0.39 is 0 Å². The average molecular weight is 388 g/mol. The lowest BCUT2D eigenvalue weighted by Crippen LogP contribution is -2.10. The minimum Gasteiger partial charge on any atom is -0.308 e. The van der Waals surface area contributed by atoms with Crippen LogP contribution in [0.25, 0.3) is 16.7 Å². The highest BCUT2D eigenvalue weighted by Gasteiger charge is 2.20. The Hall–Kier alpha value is -1.86. The van der Waals surface area contributed by atoms with E-state index in [1.54, 1.807) is 4.68 Å². The van der Waals surface area contributed by atoms with E-state index in [9.17, 15) is 0 Å². The first-order valence-electron chi connectivity index (χ1n) is 9.27. The van der Waals surface area contributed by atoms with Crippen molar-refractivity contribution in [1.82, 2.24) is 24.5 Å². The Kier molecular flexibility index (Phi) is 5.36. The maximum absolute atomic E-state index is 5.90. The van der Waals surface area contributed by atoms with Crippen LogP contribution in [0.2, 0.25) is 0 Å². The number of aromatic nitrogens is 5. The van der Waals surface area contributed by atoms with Gasteiger partial charge in [-0.15, -0.1) is 0 Å². The van der Waals surface area contributed by atoms with Crippen LogP contribution in [-0.2, 0) is 17.8 Å². The van der Waals surface area contributed by atoms with Gasteiger partial charge >= 0.3 is 0 Å². The number of rotatable bonds is 5. The number of nitrogens with zero attached hydrogens (tertiary/aromatic N) is 5. The second kappa shape index (κ2) is 7.28. The minimum absolute atomic E-state index is 0.0261. The molecule has 0 N–H and O–H groups in total. The predicted octanol–water partition coefficient (Wildman–Crippen LogP) is 4.86. The van der Waals surface area contributed by atoms with E-state index >= 15 is 0 Å². The molecule has 3 aromatic heterocycles. The van der Waals surface area contributed by atoms with Gasteiger partial charge in [-0.25, -0.2) is 9.67 Å². The average Bonchev–Trinajstić information content (AvgIpc) is 3.03. The van der Waals surface area contributed by atoms with Gasteiger partial charge in [0.25, 0.3) is 0 Å². The van der Waals surface area contributed by atoms with Crippen LogP contribution in [-0.4, -0.2) is 29.3 Å². The first kappa shape index (κ1) is 19.9. The largest absolute Gasteiger partial charge is 0.308 e. The second-order valence-corrected chi connectivity index (χ2v) is 9.91. The maximum Gasteiger partial charge on any atom is 0.181 e. The van der Waals surface area contributed by atoms with E-state index in [0.29, 0.717) is 12.5 Å². The quantitative estimate of drug-likeness (QED) is 0.585. The maximum atomic E-state index is 5.90. The molecule has 0 aliphatic heterocycles. The van der Waals surface area contributed by atoms with Crippen LogP contribution in [0.4, 0.5) is 0 Å². The van der Waals surface area contributed by atoms with Gasteiger partial charge in [0.1, 0.15) is 6.61 Å². The van der Waals surface area contributed by atoms with Gasteiger partial charge in [-0.3, -0.25) is 4.68 Å². The Labute approximate surface area is 165 Å². The summed E-state index contributed by atoms with van der Waals surface area (Å²) in [7, 11) is 1.91. The normalized spacial score (nSPS) is 12.5. The van der Waals surface area contributed by atoms with Gasteiger partial charge in [0.05, 0.1) is 17.1 Å². The molecule has 0 bridgehead atoms. The standard InChI is InChI=1S/C20H29N5OS/c1-12(2)18-13(3)22-25(14(18)4)17-9-15-10-24(8)23-19(15)21-16(17)11-26-27-20(5,6)7/h9-10,12H,11H2,1-8H3. The van der Waals surface area contributed by atoms with Crippen molar-refractivity contribution in [3.63, 3.8) is 0 Å². The number of fused-ring (bicyclic) bond motifs is 1. The van der Waals surface area contributed by atoms with Gasteiger partial charge < -0.3 is 4.18 Å². The van der Waals surface area contributed by atoms with E-state index in [1.807, 2.05) is 17.9 Å². The summed E-state index contributed by atoms with van der Waals surface area (Å²) >= 11 is 1.47. The third-order valence-corrected chi connectivity index (χ3v) is 5.06. The van der Waals surface area contributed by atoms with Crippen molar-refractivity contribution in [2.24, 2.45) is 7.05 Å². The summed E-state index contributed by atoms with van der Waals surface area (Å²) in [5.41, 5.74) is 6.03. The number of pyridine rings is 1. The fraction of sp³-hybridized carbons (Fsp3) is 0.550. The molecule has 0 aliphatic carbocycles. The van der Waals surface area contributed by atoms with E-state index in [-0.39, 0.29) is 4.75 Å². The zero-order valence-corrected chi connectivity index (χ0v) is 18.3. The number of aryl methyl sites for hydroxylation is 2. The Balaban J connectivity index is 2.10. The van der Waals surface area contributed by atoms with Crippen LogP contribution < -0.4 is 0 Å². The van der Waals surface area contributed by atoms with Crippen LogP contribution in [0.5, 0.6) is 0 Å². The summed E-state index contributed by atoms with van der Waals surface area (Å²) in [6, 6.07) is 2.11. The van der Waals surface area contributed by atoms with Crippen molar-refractivity contribution in [1.29, 1.82) is 0 Å². The monoisotopic (exact) mass is 387 g/mol. The summed E-state index contributed by atoms with van der Waals surface area (Å²) in [6.45, 7) is 15.4. The zero-order chi connectivity index (χ0) is 19.9. The van der Waals surface area contributed by atoms with Gasteiger partial charge in [0, 0.05) is 29.1 Å². The van der Waals surface area contributed by atoms with Gasteiger partial charge in [0.2, 0.25) is 0 Å². The molecule has 3 rings (SSSR count). The van der Waals surface area contributed by atoms with Gasteiger partial charge in [-0.05, 0) is 64.2 Å². The summed E-state index contributed by atoms with van der Waals surface area (Å²) in [4.78, 5) is 4.79. The first-order valence-corrected chi connectivity index (χ1v) is 10.0. The molecule has 0 saturated carbocycles. The molecule has 0 fully saturated rings. The van der Waals surface area contributed by atoms with Crippen LogP contribution in [0.3, 0.4) is 0 Å². The van der Waals surface area contributed by atoms with E-state index in [0.717, 1.165) is 33.8 Å². The highest BCUT2D eigenvalue weighted by atomic mass is 32.2. The lowest BCUT2D eigenvalue weighted by Gasteiger charge is -2.17. The molecule has 6 nitrogen and oxygen atoms in total. The van der Waals surface area contributed by atoms with Crippen LogP contribution >= 0.6 is 12.0 Å². The smallest absolute Gasteiger partial charge is 0.181 e. The van der Waals surface area contributed by atoms with E-state index in [2.05, 4.69) is 59.6 Å². The molecule has 0 aromatic carbocycles. The molecular weight excluding hydrogens is 358 g/mol. The van der Waals surface area contributed by atoms with Crippen molar-refractivity contribution < 1.29 is 4.18 Å². The molecule has 27 heavy (non-hydrogen) atoms. The molecule has 0 aliphatic rings. The molecule has 3 aromatic rings. The van der Waals surface area contributed by atoms with Crippen molar-refractivity contribution in [3.8, 4) is 5.69 Å². The molecule has 7 heteroatoms. The zero-order valence-electron chi connectivity index (χ0n) is 17.5. The molecule has 146 valence electrons. The summed E-state index contributed by atoms with van der Waals surface area (Å²) in [5, 5.41) is 10.3. The van der Waals surface area contributed by atoms with E-state index in [1.165, 1.54) is 17.6 Å². The van der Waals surface area contributed by atoms with Crippen molar-refractivity contribution in [3.05, 3.63) is 34.9 Å². The van der Waals surface area contributed by atoms with Crippen LogP contribution in [0.15, 0.2) is 12.3 Å². The molecule has 0 radical (unpaired) electrons. The van der Waals surface area contributed by atoms with Gasteiger partial charge in [-0.1, -0.05) is 13.8 Å². The SMILES string of the molecule is Cc1nn(-c2cc3cn(C)nc3nc2COSC(C)(C)C)c(C)c1C(C)C. The lowest BCUT2D eigenvalue weighted by molar-refractivity contribution is 0.349. The third-order valence-electron chi connectivity index (χ3n) is 4.32. The highest BCUT2D eigenvalue weighted by molar-refractivity contribution is 7.96. The molecule has 0 atom stereocenters. The van der Waals surface area contributed by atoms with Gasteiger partial charge in [0.15, 0.2) is 5.65 Å². The predicted molar refractivity (Wildman–Crippen MR) is 111 cm³/mol. The summed E-state index contributed by atoms with van der Waals surface area (Å²) < 4.78 is 9.72. The molecule has 3 heterocycles. The molecule has 0 unspecified atom stereocenters. The Morgan fingerprint density at radius 2 is 1.89 bits per heavy atom. The fourth-order valence-corrected chi connectivity index (χ4v) is 3.90. The Bertz CT molecular complexity index is 965. The minimum atomic E-state index is 0.0261. The van der Waals surface area contributed by atoms with E-state index in [4.69, 9.17) is 14.3 Å². The molecule has 0 saturated heterocycles.